The summed E-state index contributed by atoms with van der Waals surface area (Å²) in [6.07, 6.45) is 3.90. The first-order chi connectivity index (χ1) is 13.5. The van der Waals surface area contributed by atoms with E-state index in [4.69, 9.17) is 9.72 Å². The number of carbonyl (C=O) groups is 1. The van der Waals surface area contributed by atoms with Crippen molar-refractivity contribution in [2.45, 2.75) is 58.6 Å². The summed E-state index contributed by atoms with van der Waals surface area (Å²) in [4.78, 5) is 33.2. The maximum atomic E-state index is 13.6. The molecule has 2 heterocycles. The summed E-state index contributed by atoms with van der Waals surface area (Å²) in [7, 11) is 0. The van der Waals surface area contributed by atoms with E-state index in [1.807, 2.05) is 44.2 Å². The first-order valence-corrected chi connectivity index (χ1v) is 10.6. The molecule has 0 saturated heterocycles. The molecule has 6 heteroatoms. The number of thiophene rings is 1. The Balaban J connectivity index is 1.98. The standard InChI is InChI=1S/C22H24N2O3S/c1-13(2)27-22(26)14(3)24-19(15-9-5-4-6-10-15)23-20-18(21(24)25)16-11-7-8-12-17(16)28-20/h4-6,9-10,13-14H,7-8,11-12H2,1-3H3. The molecule has 1 aromatic carbocycles. The number of benzene rings is 1. The van der Waals surface area contributed by atoms with Crippen LogP contribution in [0.2, 0.25) is 0 Å². The molecule has 1 unspecified atom stereocenters. The molecule has 146 valence electrons. The van der Waals surface area contributed by atoms with Crippen LogP contribution in [0, 0.1) is 0 Å². The summed E-state index contributed by atoms with van der Waals surface area (Å²) in [6, 6.07) is 8.82. The highest BCUT2D eigenvalue weighted by Crippen LogP contribution is 2.35. The van der Waals surface area contributed by atoms with Gasteiger partial charge in [0.05, 0.1) is 11.5 Å². The number of rotatable bonds is 4. The number of hydrogen-bond donors (Lipinski definition) is 0. The van der Waals surface area contributed by atoms with Gasteiger partial charge in [-0.1, -0.05) is 30.3 Å². The Bertz CT molecular complexity index is 1080. The smallest absolute Gasteiger partial charge is 0.329 e. The van der Waals surface area contributed by atoms with Gasteiger partial charge in [0.15, 0.2) is 0 Å². The minimum atomic E-state index is -0.749. The van der Waals surface area contributed by atoms with Gasteiger partial charge in [-0.3, -0.25) is 9.36 Å². The Morgan fingerprint density at radius 1 is 1.14 bits per heavy atom. The zero-order valence-corrected chi connectivity index (χ0v) is 17.2. The topological polar surface area (TPSA) is 61.2 Å². The van der Waals surface area contributed by atoms with Crippen molar-refractivity contribution in [1.82, 2.24) is 9.55 Å². The molecular weight excluding hydrogens is 372 g/mol. The van der Waals surface area contributed by atoms with Crippen molar-refractivity contribution in [2.24, 2.45) is 0 Å². The third-order valence-electron chi connectivity index (χ3n) is 5.13. The SMILES string of the molecule is CC(C)OC(=O)C(C)n1c(-c2ccccc2)nc2sc3c(c2c1=O)CCCC3. The Labute approximate surface area is 168 Å². The average Bonchev–Trinajstić information content (AvgIpc) is 3.06. The summed E-state index contributed by atoms with van der Waals surface area (Å²) >= 11 is 1.62. The number of hydrogen-bond acceptors (Lipinski definition) is 5. The van der Waals surface area contributed by atoms with Crippen molar-refractivity contribution < 1.29 is 9.53 Å². The number of aromatic nitrogens is 2. The van der Waals surface area contributed by atoms with Gasteiger partial charge in [0.1, 0.15) is 16.7 Å². The molecule has 2 aromatic heterocycles. The lowest BCUT2D eigenvalue weighted by molar-refractivity contribution is -0.150. The zero-order valence-electron chi connectivity index (χ0n) is 16.4. The van der Waals surface area contributed by atoms with Crippen LogP contribution in [-0.4, -0.2) is 21.6 Å². The Kier molecular flexibility index (Phi) is 5.06. The van der Waals surface area contributed by atoms with Gasteiger partial charge >= 0.3 is 5.97 Å². The molecule has 4 rings (SSSR count). The fraction of sp³-hybridized carbons (Fsp3) is 0.409. The third-order valence-corrected chi connectivity index (χ3v) is 6.32. The first-order valence-electron chi connectivity index (χ1n) is 9.80. The van der Waals surface area contributed by atoms with E-state index in [-0.39, 0.29) is 11.7 Å². The van der Waals surface area contributed by atoms with Crippen LogP contribution < -0.4 is 5.56 Å². The number of esters is 1. The molecule has 1 aliphatic rings. The minimum Gasteiger partial charge on any atom is -0.461 e. The second kappa shape index (κ2) is 7.51. The number of aryl methyl sites for hydroxylation is 2. The zero-order chi connectivity index (χ0) is 19.8. The molecule has 0 radical (unpaired) electrons. The highest BCUT2D eigenvalue weighted by atomic mass is 32.1. The normalized spacial score (nSPS) is 14.9. The Morgan fingerprint density at radius 2 is 1.86 bits per heavy atom. The molecule has 3 aromatic rings. The highest BCUT2D eigenvalue weighted by molar-refractivity contribution is 7.18. The van der Waals surface area contributed by atoms with E-state index in [2.05, 4.69) is 0 Å². The van der Waals surface area contributed by atoms with Gasteiger partial charge in [-0.05, 0) is 52.0 Å². The molecule has 5 nitrogen and oxygen atoms in total. The van der Waals surface area contributed by atoms with Crippen molar-refractivity contribution in [2.75, 3.05) is 0 Å². The molecule has 0 amide bonds. The van der Waals surface area contributed by atoms with Gasteiger partial charge in [-0.2, -0.15) is 0 Å². The maximum absolute atomic E-state index is 13.6. The Hall–Kier alpha value is -2.47. The summed E-state index contributed by atoms with van der Waals surface area (Å²) in [5.74, 6) is 0.101. The lowest BCUT2D eigenvalue weighted by atomic mass is 9.97. The van der Waals surface area contributed by atoms with Crippen LogP contribution in [0.1, 0.15) is 50.1 Å². The second-order valence-corrected chi connectivity index (χ2v) is 8.61. The summed E-state index contributed by atoms with van der Waals surface area (Å²) in [6.45, 7) is 5.33. The molecule has 0 bridgehead atoms. The van der Waals surface area contributed by atoms with Crippen molar-refractivity contribution in [3.05, 3.63) is 51.1 Å². The maximum Gasteiger partial charge on any atom is 0.329 e. The molecule has 1 aliphatic carbocycles. The lowest BCUT2D eigenvalue weighted by Gasteiger charge is -2.20. The summed E-state index contributed by atoms with van der Waals surface area (Å²) in [5, 5.41) is 0.684. The van der Waals surface area contributed by atoms with E-state index in [9.17, 15) is 9.59 Å². The van der Waals surface area contributed by atoms with Crippen molar-refractivity contribution in [3.63, 3.8) is 0 Å². The van der Waals surface area contributed by atoms with Crippen LogP contribution in [0.15, 0.2) is 35.1 Å². The predicted molar refractivity (Wildman–Crippen MR) is 112 cm³/mol. The van der Waals surface area contributed by atoms with Crippen LogP contribution in [0.5, 0.6) is 0 Å². The van der Waals surface area contributed by atoms with E-state index < -0.39 is 12.0 Å². The predicted octanol–water partition coefficient (Wildman–Crippen LogP) is 4.52. The summed E-state index contributed by atoms with van der Waals surface area (Å²) < 4.78 is 6.91. The van der Waals surface area contributed by atoms with E-state index in [1.165, 1.54) is 9.44 Å². The molecule has 1 atom stereocenters. The van der Waals surface area contributed by atoms with Crippen molar-refractivity contribution in [1.29, 1.82) is 0 Å². The van der Waals surface area contributed by atoms with Crippen LogP contribution in [0.25, 0.3) is 21.6 Å². The second-order valence-electron chi connectivity index (χ2n) is 7.53. The molecular formula is C22H24N2O3S. The molecule has 0 saturated carbocycles. The Morgan fingerprint density at radius 3 is 2.57 bits per heavy atom. The minimum absolute atomic E-state index is 0.142. The fourth-order valence-corrected chi connectivity index (χ4v) is 5.06. The first kappa shape index (κ1) is 18.9. The average molecular weight is 397 g/mol. The van der Waals surface area contributed by atoms with E-state index >= 15 is 0 Å². The molecule has 0 N–H and O–H groups in total. The van der Waals surface area contributed by atoms with Gasteiger partial charge in [-0.15, -0.1) is 11.3 Å². The van der Waals surface area contributed by atoms with Crippen LogP contribution >= 0.6 is 11.3 Å². The van der Waals surface area contributed by atoms with Crippen molar-refractivity contribution in [3.8, 4) is 11.4 Å². The van der Waals surface area contributed by atoms with Gasteiger partial charge in [0.2, 0.25) is 0 Å². The monoisotopic (exact) mass is 396 g/mol. The van der Waals surface area contributed by atoms with E-state index in [1.54, 1.807) is 18.3 Å². The fourth-order valence-electron chi connectivity index (χ4n) is 3.80. The van der Waals surface area contributed by atoms with Crippen molar-refractivity contribution >= 4 is 27.5 Å². The molecule has 0 spiro atoms. The van der Waals surface area contributed by atoms with Crippen LogP contribution in [0.4, 0.5) is 0 Å². The van der Waals surface area contributed by atoms with Crippen LogP contribution in [0.3, 0.4) is 0 Å². The number of nitrogens with zero attached hydrogens (tertiary/aromatic N) is 2. The van der Waals surface area contributed by atoms with Gasteiger partial charge < -0.3 is 4.74 Å². The number of carbonyl (C=O) groups excluding carboxylic acids is 1. The molecule has 0 aliphatic heterocycles. The molecule has 0 fully saturated rings. The van der Waals surface area contributed by atoms with Gasteiger partial charge in [-0.25, -0.2) is 9.78 Å². The largest absolute Gasteiger partial charge is 0.461 e. The highest BCUT2D eigenvalue weighted by Gasteiger charge is 2.27. The van der Waals surface area contributed by atoms with E-state index in [0.29, 0.717) is 11.2 Å². The number of ether oxygens (including phenoxy) is 1. The quantitative estimate of drug-likeness (QED) is 0.609. The molecule has 28 heavy (non-hydrogen) atoms. The van der Waals surface area contributed by atoms with Gasteiger partial charge in [0.25, 0.3) is 5.56 Å². The number of fused-ring (bicyclic) bond motifs is 3. The summed E-state index contributed by atoms with van der Waals surface area (Å²) in [5.41, 5.74) is 1.80. The lowest BCUT2D eigenvalue weighted by Crippen LogP contribution is -2.32. The van der Waals surface area contributed by atoms with E-state index in [0.717, 1.165) is 41.6 Å². The third kappa shape index (κ3) is 3.26. The van der Waals surface area contributed by atoms with Crippen LogP contribution in [-0.2, 0) is 22.4 Å². The van der Waals surface area contributed by atoms with Gasteiger partial charge in [0, 0.05) is 10.4 Å².